The van der Waals surface area contributed by atoms with E-state index in [1.54, 1.807) is 7.11 Å². The van der Waals surface area contributed by atoms with Gasteiger partial charge in [-0.1, -0.05) is 18.2 Å². The minimum atomic E-state index is 0.0961. The van der Waals surface area contributed by atoms with E-state index in [0.29, 0.717) is 5.69 Å². The predicted octanol–water partition coefficient (Wildman–Crippen LogP) is 2.30. The lowest BCUT2D eigenvalue weighted by Crippen LogP contribution is -2.49. The number of rotatable bonds is 5. The zero-order valence-electron chi connectivity index (χ0n) is 16.0. The molecule has 1 aromatic heterocycles. The molecule has 27 heavy (non-hydrogen) atoms. The lowest BCUT2D eigenvalue weighted by molar-refractivity contribution is 0.0631. The number of piperazine rings is 1. The maximum Gasteiger partial charge on any atom is 0.274 e. The van der Waals surface area contributed by atoms with Crippen LogP contribution in [0.5, 0.6) is 5.75 Å². The number of nitrogens with one attached hydrogen (secondary N) is 1. The quantitative estimate of drug-likeness (QED) is 0.880. The van der Waals surface area contributed by atoms with Gasteiger partial charge in [-0.2, -0.15) is 5.10 Å². The minimum Gasteiger partial charge on any atom is -0.496 e. The third kappa shape index (κ3) is 3.86. The number of hydrogen-bond acceptors (Lipinski definition) is 4. The number of aromatic nitrogens is 2. The van der Waals surface area contributed by atoms with Gasteiger partial charge in [0.05, 0.1) is 7.11 Å². The average Bonchev–Trinajstić information content (AvgIpc) is 3.16. The fraction of sp³-hybridized carbons (Fsp3) is 0.524. The molecule has 1 aliphatic heterocycles. The molecule has 0 bridgehead atoms. The molecule has 4 rings (SSSR count). The summed E-state index contributed by atoms with van der Waals surface area (Å²) in [6.45, 7) is 4.35. The van der Waals surface area contributed by atoms with Gasteiger partial charge in [0, 0.05) is 44.0 Å². The molecule has 1 fully saturated rings. The number of fused-ring (bicyclic) bond motifs is 1. The van der Waals surface area contributed by atoms with Gasteiger partial charge in [0.1, 0.15) is 5.75 Å². The lowest BCUT2D eigenvalue weighted by Gasteiger charge is -2.34. The second kappa shape index (κ2) is 8.13. The normalized spacial score (nSPS) is 17.6. The molecule has 0 atom stereocenters. The fourth-order valence-electron chi connectivity index (χ4n) is 4.17. The first-order valence-electron chi connectivity index (χ1n) is 9.96. The van der Waals surface area contributed by atoms with Crippen molar-refractivity contribution in [3.8, 4) is 5.75 Å². The van der Waals surface area contributed by atoms with Crippen LogP contribution in [0.1, 0.15) is 40.2 Å². The third-order valence-electron chi connectivity index (χ3n) is 5.81. The summed E-state index contributed by atoms with van der Waals surface area (Å²) in [7, 11) is 1.72. The standard InChI is InChI=1S/C21H28N4O2/c1-27-19-9-5-2-6-16(19)10-11-24-12-14-25(15-13-24)21(26)20-17-7-3-4-8-18(17)22-23-20/h2,5-6,9H,3-4,7-8,10-15H2,1H3,(H,22,23). The van der Waals surface area contributed by atoms with E-state index in [9.17, 15) is 4.79 Å². The Bertz CT molecular complexity index is 793. The molecule has 0 spiro atoms. The molecule has 1 aromatic carbocycles. The summed E-state index contributed by atoms with van der Waals surface area (Å²) in [5, 5.41) is 7.43. The maximum absolute atomic E-state index is 12.9. The van der Waals surface area contributed by atoms with Crippen LogP contribution in [-0.4, -0.2) is 65.7 Å². The number of benzene rings is 1. The van der Waals surface area contributed by atoms with Crippen molar-refractivity contribution in [3.05, 3.63) is 46.8 Å². The van der Waals surface area contributed by atoms with Crippen molar-refractivity contribution in [1.29, 1.82) is 0 Å². The van der Waals surface area contributed by atoms with Gasteiger partial charge >= 0.3 is 0 Å². The number of hydrogen-bond donors (Lipinski definition) is 1. The van der Waals surface area contributed by atoms with E-state index in [2.05, 4.69) is 27.2 Å². The maximum atomic E-state index is 12.9. The van der Waals surface area contributed by atoms with E-state index < -0.39 is 0 Å². The molecule has 6 nitrogen and oxygen atoms in total. The molecular weight excluding hydrogens is 340 g/mol. The molecule has 2 aliphatic rings. The van der Waals surface area contributed by atoms with E-state index in [-0.39, 0.29) is 5.91 Å². The van der Waals surface area contributed by atoms with Gasteiger partial charge in [0.2, 0.25) is 0 Å². The zero-order chi connectivity index (χ0) is 18.6. The van der Waals surface area contributed by atoms with Crippen LogP contribution in [0.25, 0.3) is 0 Å². The Morgan fingerprint density at radius 3 is 2.74 bits per heavy atom. The second-order valence-electron chi connectivity index (χ2n) is 7.43. The van der Waals surface area contributed by atoms with Gasteiger partial charge in [0.25, 0.3) is 5.91 Å². The highest BCUT2D eigenvalue weighted by Crippen LogP contribution is 2.23. The topological polar surface area (TPSA) is 61.5 Å². The molecule has 0 unspecified atom stereocenters. The lowest BCUT2D eigenvalue weighted by atomic mass is 9.95. The summed E-state index contributed by atoms with van der Waals surface area (Å²) in [5.74, 6) is 1.05. The average molecular weight is 368 g/mol. The van der Waals surface area contributed by atoms with Crippen LogP contribution in [-0.2, 0) is 19.3 Å². The van der Waals surface area contributed by atoms with Crippen molar-refractivity contribution in [2.24, 2.45) is 0 Å². The number of nitrogens with zero attached hydrogens (tertiary/aromatic N) is 3. The van der Waals surface area contributed by atoms with Crippen LogP contribution < -0.4 is 4.74 Å². The Labute approximate surface area is 160 Å². The fourth-order valence-corrected chi connectivity index (χ4v) is 4.17. The molecule has 0 radical (unpaired) electrons. The van der Waals surface area contributed by atoms with Gasteiger partial charge in [0.15, 0.2) is 5.69 Å². The van der Waals surface area contributed by atoms with Crippen molar-refractivity contribution in [2.45, 2.75) is 32.1 Å². The number of aromatic amines is 1. The Morgan fingerprint density at radius 2 is 1.93 bits per heavy atom. The van der Waals surface area contributed by atoms with E-state index in [0.717, 1.165) is 69.7 Å². The van der Waals surface area contributed by atoms with Crippen LogP contribution >= 0.6 is 0 Å². The van der Waals surface area contributed by atoms with E-state index in [4.69, 9.17) is 4.74 Å². The van der Waals surface area contributed by atoms with Crippen LogP contribution in [0.15, 0.2) is 24.3 Å². The van der Waals surface area contributed by atoms with Crippen LogP contribution in [0, 0.1) is 0 Å². The van der Waals surface area contributed by atoms with Gasteiger partial charge in [-0.3, -0.25) is 14.8 Å². The Balaban J connectivity index is 1.31. The Morgan fingerprint density at radius 1 is 1.15 bits per heavy atom. The summed E-state index contributed by atoms with van der Waals surface area (Å²) in [4.78, 5) is 17.3. The van der Waals surface area contributed by atoms with Gasteiger partial charge in [-0.05, 0) is 43.7 Å². The molecule has 1 N–H and O–H groups in total. The number of amides is 1. The summed E-state index contributed by atoms with van der Waals surface area (Å²) in [6.07, 6.45) is 5.31. The summed E-state index contributed by atoms with van der Waals surface area (Å²) in [5.41, 5.74) is 4.22. The second-order valence-corrected chi connectivity index (χ2v) is 7.43. The monoisotopic (exact) mass is 368 g/mol. The highest BCUT2D eigenvalue weighted by atomic mass is 16.5. The smallest absolute Gasteiger partial charge is 0.274 e. The SMILES string of the molecule is COc1ccccc1CCN1CCN(C(=O)c2n[nH]c3c2CCCC3)CC1. The molecule has 1 saturated heterocycles. The van der Waals surface area contributed by atoms with Crippen LogP contribution in [0.4, 0.5) is 0 Å². The highest BCUT2D eigenvalue weighted by molar-refractivity contribution is 5.94. The van der Waals surface area contributed by atoms with Crippen LogP contribution in [0.3, 0.4) is 0 Å². The number of carbonyl (C=O) groups is 1. The molecule has 1 aliphatic carbocycles. The molecule has 1 amide bonds. The highest BCUT2D eigenvalue weighted by Gasteiger charge is 2.28. The first-order chi connectivity index (χ1) is 13.3. The molecule has 2 aromatic rings. The molecule has 2 heterocycles. The van der Waals surface area contributed by atoms with Crippen molar-refractivity contribution in [3.63, 3.8) is 0 Å². The van der Waals surface area contributed by atoms with Gasteiger partial charge in [-0.15, -0.1) is 0 Å². The van der Waals surface area contributed by atoms with Crippen molar-refractivity contribution >= 4 is 5.91 Å². The molecular formula is C21H28N4O2. The number of methoxy groups -OCH3 is 1. The summed E-state index contributed by atoms with van der Waals surface area (Å²) >= 11 is 0. The van der Waals surface area contributed by atoms with Crippen molar-refractivity contribution in [2.75, 3.05) is 39.8 Å². The van der Waals surface area contributed by atoms with Gasteiger partial charge in [-0.25, -0.2) is 0 Å². The number of carbonyl (C=O) groups excluding carboxylic acids is 1. The third-order valence-corrected chi connectivity index (χ3v) is 5.81. The largest absolute Gasteiger partial charge is 0.496 e. The number of aryl methyl sites for hydroxylation is 1. The van der Waals surface area contributed by atoms with E-state index in [1.807, 2.05) is 17.0 Å². The first kappa shape index (κ1) is 18.0. The Hall–Kier alpha value is -2.34. The van der Waals surface area contributed by atoms with Gasteiger partial charge < -0.3 is 9.64 Å². The zero-order valence-corrected chi connectivity index (χ0v) is 16.0. The predicted molar refractivity (Wildman–Crippen MR) is 104 cm³/mol. The van der Waals surface area contributed by atoms with E-state index in [1.165, 1.54) is 17.7 Å². The van der Waals surface area contributed by atoms with Crippen molar-refractivity contribution < 1.29 is 9.53 Å². The molecule has 144 valence electrons. The summed E-state index contributed by atoms with van der Waals surface area (Å²) < 4.78 is 5.44. The van der Waals surface area contributed by atoms with Crippen molar-refractivity contribution in [1.82, 2.24) is 20.0 Å². The molecule has 0 saturated carbocycles. The summed E-state index contributed by atoms with van der Waals surface area (Å²) in [6, 6.07) is 8.19. The number of para-hydroxylation sites is 1. The first-order valence-corrected chi connectivity index (χ1v) is 9.96. The Kier molecular flexibility index (Phi) is 5.43. The molecule has 6 heteroatoms. The number of ether oxygens (including phenoxy) is 1. The minimum absolute atomic E-state index is 0.0961. The van der Waals surface area contributed by atoms with E-state index >= 15 is 0 Å². The van der Waals surface area contributed by atoms with Crippen LogP contribution in [0.2, 0.25) is 0 Å². The number of H-pyrrole nitrogens is 1.